The maximum atomic E-state index is 5.20. The van der Waals surface area contributed by atoms with E-state index in [0.717, 1.165) is 24.5 Å². The Labute approximate surface area is 65.4 Å². The maximum Gasteiger partial charge on any atom is 0.181 e. The van der Waals surface area contributed by atoms with E-state index in [1.165, 1.54) is 6.39 Å². The van der Waals surface area contributed by atoms with Crippen molar-refractivity contribution in [3.63, 3.8) is 0 Å². The zero-order valence-corrected chi connectivity index (χ0v) is 6.74. The molecule has 0 radical (unpaired) electrons. The zero-order valence-electron chi connectivity index (χ0n) is 6.74. The molecule has 4 nitrogen and oxygen atoms in total. The van der Waals surface area contributed by atoms with Crippen molar-refractivity contribution >= 4 is 0 Å². The minimum atomic E-state index is 0.825. The molecule has 1 aliphatic rings. The molecular formula is C7H11N3O. The molecule has 1 aromatic rings. The van der Waals surface area contributed by atoms with Crippen LogP contribution in [0, 0.1) is 0 Å². The fourth-order valence-electron chi connectivity index (χ4n) is 1.22. The highest BCUT2D eigenvalue weighted by atomic mass is 16.3. The first-order valence-corrected chi connectivity index (χ1v) is 3.61. The molecule has 2 heterocycles. The van der Waals surface area contributed by atoms with Crippen LogP contribution in [-0.4, -0.2) is 29.1 Å². The third-order valence-corrected chi connectivity index (χ3v) is 2.06. The van der Waals surface area contributed by atoms with Gasteiger partial charge in [-0.2, -0.15) is 0 Å². The first-order valence-electron chi connectivity index (χ1n) is 3.61. The standard InChI is InChI=1S/C7H11N3O/c1-9-3-6-7(4-10(9)2)11-5-8-6/h5H,3-4H2,1-2H3. The number of nitrogens with zero attached hydrogens (tertiary/aromatic N) is 3. The minimum Gasteiger partial charge on any atom is -0.447 e. The second kappa shape index (κ2) is 2.32. The summed E-state index contributed by atoms with van der Waals surface area (Å²) in [6, 6.07) is 0. The third kappa shape index (κ3) is 1.04. The molecule has 0 aromatic carbocycles. The molecule has 2 rings (SSSR count). The van der Waals surface area contributed by atoms with Gasteiger partial charge in [-0.3, -0.25) is 0 Å². The lowest BCUT2D eigenvalue weighted by Crippen LogP contribution is -2.39. The van der Waals surface area contributed by atoms with E-state index in [-0.39, 0.29) is 0 Å². The van der Waals surface area contributed by atoms with E-state index < -0.39 is 0 Å². The van der Waals surface area contributed by atoms with E-state index in [2.05, 4.69) is 15.0 Å². The van der Waals surface area contributed by atoms with E-state index in [4.69, 9.17) is 4.42 Å². The van der Waals surface area contributed by atoms with Crippen LogP contribution in [0.25, 0.3) is 0 Å². The van der Waals surface area contributed by atoms with Crippen LogP contribution in [0.4, 0.5) is 0 Å². The predicted octanol–water partition coefficient (Wildman–Crippen LogP) is 0.467. The number of aromatic nitrogens is 1. The molecule has 0 saturated heterocycles. The highest BCUT2D eigenvalue weighted by Gasteiger charge is 2.20. The van der Waals surface area contributed by atoms with Crippen LogP contribution in [0.2, 0.25) is 0 Å². The van der Waals surface area contributed by atoms with Crippen LogP contribution in [0.15, 0.2) is 10.8 Å². The normalized spacial score (nSPS) is 20.2. The van der Waals surface area contributed by atoms with E-state index >= 15 is 0 Å². The van der Waals surface area contributed by atoms with E-state index in [1.54, 1.807) is 0 Å². The number of hydrogen-bond donors (Lipinski definition) is 0. The molecule has 0 saturated carbocycles. The number of rotatable bonds is 0. The summed E-state index contributed by atoms with van der Waals surface area (Å²) < 4.78 is 5.20. The Morgan fingerprint density at radius 3 is 2.91 bits per heavy atom. The minimum absolute atomic E-state index is 0.825. The summed E-state index contributed by atoms with van der Waals surface area (Å²) in [4.78, 5) is 4.11. The van der Waals surface area contributed by atoms with Crippen molar-refractivity contribution in [3.05, 3.63) is 17.8 Å². The van der Waals surface area contributed by atoms with Gasteiger partial charge in [0.05, 0.1) is 18.8 Å². The molecule has 60 valence electrons. The Kier molecular flexibility index (Phi) is 1.44. The lowest BCUT2D eigenvalue weighted by atomic mass is 10.3. The molecule has 11 heavy (non-hydrogen) atoms. The van der Waals surface area contributed by atoms with Gasteiger partial charge >= 0.3 is 0 Å². The second-order valence-corrected chi connectivity index (χ2v) is 2.85. The molecule has 0 bridgehead atoms. The van der Waals surface area contributed by atoms with E-state index in [1.807, 2.05) is 14.1 Å². The number of fused-ring (bicyclic) bond motifs is 1. The Hall–Kier alpha value is -0.870. The van der Waals surface area contributed by atoms with Gasteiger partial charge in [-0.1, -0.05) is 0 Å². The van der Waals surface area contributed by atoms with Crippen LogP contribution in [0.1, 0.15) is 11.5 Å². The summed E-state index contributed by atoms with van der Waals surface area (Å²) in [5.41, 5.74) is 1.06. The molecule has 0 amide bonds. The van der Waals surface area contributed by atoms with E-state index in [0.29, 0.717) is 0 Å². The smallest absolute Gasteiger partial charge is 0.181 e. The molecule has 0 atom stereocenters. The summed E-state index contributed by atoms with van der Waals surface area (Å²) >= 11 is 0. The van der Waals surface area contributed by atoms with Crippen LogP contribution >= 0.6 is 0 Å². The van der Waals surface area contributed by atoms with Gasteiger partial charge in [0, 0.05) is 14.1 Å². The molecule has 0 fully saturated rings. The quantitative estimate of drug-likeness (QED) is 0.542. The molecule has 0 aliphatic carbocycles. The third-order valence-electron chi connectivity index (χ3n) is 2.06. The molecule has 1 aromatic heterocycles. The molecule has 1 aliphatic heterocycles. The van der Waals surface area contributed by atoms with Gasteiger partial charge in [0.25, 0.3) is 0 Å². The van der Waals surface area contributed by atoms with Crippen LogP contribution < -0.4 is 0 Å². The SMILES string of the molecule is CN1Cc2ncoc2CN1C. The predicted molar refractivity (Wildman–Crippen MR) is 39.4 cm³/mol. The first-order chi connectivity index (χ1) is 5.27. The number of oxazole rings is 1. The van der Waals surface area contributed by atoms with Gasteiger partial charge in [-0.25, -0.2) is 15.0 Å². The Morgan fingerprint density at radius 1 is 1.36 bits per heavy atom. The Bertz CT molecular complexity index is 233. The number of hydrogen-bond acceptors (Lipinski definition) is 4. The topological polar surface area (TPSA) is 32.5 Å². The van der Waals surface area contributed by atoms with Gasteiger partial charge in [0.1, 0.15) is 5.76 Å². The lowest BCUT2D eigenvalue weighted by Gasteiger charge is -2.30. The number of hydrazine groups is 1. The largest absolute Gasteiger partial charge is 0.447 e. The molecule has 0 N–H and O–H groups in total. The van der Waals surface area contributed by atoms with Crippen molar-refractivity contribution in [2.75, 3.05) is 14.1 Å². The zero-order chi connectivity index (χ0) is 7.84. The van der Waals surface area contributed by atoms with Crippen molar-refractivity contribution < 1.29 is 4.42 Å². The molecule has 0 unspecified atom stereocenters. The van der Waals surface area contributed by atoms with Gasteiger partial charge in [0.2, 0.25) is 0 Å². The first kappa shape index (κ1) is 6.82. The summed E-state index contributed by atoms with van der Waals surface area (Å²) in [6.45, 7) is 1.67. The van der Waals surface area contributed by atoms with Gasteiger partial charge < -0.3 is 4.42 Å². The molecular weight excluding hydrogens is 142 g/mol. The Balaban J connectivity index is 2.30. The van der Waals surface area contributed by atoms with Crippen LogP contribution in [0.3, 0.4) is 0 Å². The fraction of sp³-hybridized carbons (Fsp3) is 0.571. The lowest BCUT2D eigenvalue weighted by molar-refractivity contribution is -0.0101. The fourth-order valence-corrected chi connectivity index (χ4v) is 1.22. The summed E-state index contributed by atoms with van der Waals surface area (Å²) in [5, 5.41) is 4.22. The van der Waals surface area contributed by atoms with Crippen molar-refractivity contribution in [2.45, 2.75) is 13.1 Å². The Morgan fingerprint density at radius 2 is 2.09 bits per heavy atom. The highest BCUT2D eigenvalue weighted by molar-refractivity contribution is 5.08. The van der Waals surface area contributed by atoms with Crippen molar-refractivity contribution in [1.82, 2.24) is 15.0 Å². The van der Waals surface area contributed by atoms with Gasteiger partial charge in [-0.05, 0) is 0 Å². The summed E-state index contributed by atoms with van der Waals surface area (Å²) in [6.07, 6.45) is 1.51. The average Bonchev–Trinajstić information content (AvgIpc) is 2.36. The molecule has 0 spiro atoms. The highest BCUT2D eigenvalue weighted by Crippen LogP contribution is 2.17. The average molecular weight is 153 g/mol. The maximum absolute atomic E-state index is 5.20. The monoisotopic (exact) mass is 153 g/mol. The summed E-state index contributed by atoms with van der Waals surface area (Å²) in [7, 11) is 4.07. The van der Waals surface area contributed by atoms with Crippen molar-refractivity contribution in [1.29, 1.82) is 0 Å². The van der Waals surface area contributed by atoms with E-state index in [9.17, 15) is 0 Å². The van der Waals surface area contributed by atoms with Crippen LogP contribution in [-0.2, 0) is 13.1 Å². The van der Waals surface area contributed by atoms with Crippen LogP contribution in [0.5, 0.6) is 0 Å². The van der Waals surface area contributed by atoms with Crippen molar-refractivity contribution in [2.24, 2.45) is 0 Å². The van der Waals surface area contributed by atoms with Crippen molar-refractivity contribution in [3.8, 4) is 0 Å². The van der Waals surface area contributed by atoms with Gasteiger partial charge in [-0.15, -0.1) is 0 Å². The van der Waals surface area contributed by atoms with Gasteiger partial charge in [0.15, 0.2) is 6.39 Å². The second-order valence-electron chi connectivity index (χ2n) is 2.85. The summed E-state index contributed by atoms with van der Waals surface area (Å²) in [5.74, 6) is 0.991. The molecule has 4 heteroatoms.